The highest BCUT2D eigenvalue weighted by atomic mass is 19.4. The maximum atomic E-state index is 12.7. The van der Waals surface area contributed by atoms with Crippen molar-refractivity contribution in [2.75, 3.05) is 5.32 Å². The third kappa shape index (κ3) is 4.11. The SMILES string of the molecule is O=C(Cn1cnc2ccccc21)Nc1cccc(-c2ccc(C(F)(F)F)cn2)c1. The summed E-state index contributed by atoms with van der Waals surface area (Å²) >= 11 is 0. The normalized spacial score (nSPS) is 11.6. The second-order valence-corrected chi connectivity index (χ2v) is 6.42. The minimum Gasteiger partial charge on any atom is -0.325 e. The molecule has 4 rings (SSSR count). The smallest absolute Gasteiger partial charge is 0.325 e. The topological polar surface area (TPSA) is 59.8 Å². The number of carbonyl (C=O) groups excluding carboxylic acids is 1. The van der Waals surface area contributed by atoms with Crippen LogP contribution in [-0.2, 0) is 17.5 Å². The van der Waals surface area contributed by atoms with Crippen molar-refractivity contribution in [1.82, 2.24) is 14.5 Å². The van der Waals surface area contributed by atoms with Gasteiger partial charge in [0.25, 0.3) is 0 Å². The lowest BCUT2D eigenvalue weighted by Gasteiger charge is -2.10. The molecule has 0 aliphatic rings. The number of fused-ring (bicyclic) bond motifs is 1. The number of carbonyl (C=O) groups is 1. The summed E-state index contributed by atoms with van der Waals surface area (Å²) in [5.41, 5.74) is 2.36. The van der Waals surface area contributed by atoms with Gasteiger partial charge in [0.05, 0.1) is 28.6 Å². The summed E-state index contributed by atoms with van der Waals surface area (Å²) in [5.74, 6) is -0.245. The van der Waals surface area contributed by atoms with Crippen molar-refractivity contribution in [3.05, 3.63) is 78.8 Å². The molecule has 0 aliphatic heterocycles. The fraction of sp³-hybridized carbons (Fsp3) is 0.0952. The quantitative estimate of drug-likeness (QED) is 0.541. The van der Waals surface area contributed by atoms with Crippen LogP contribution in [0.5, 0.6) is 0 Å². The van der Waals surface area contributed by atoms with Crippen molar-refractivity contribution in [3.8, 4) is 11.3 Å². The van der Waals surface area contributed by atoms with E-state index >= 15 is 0 Å². The Bertz CT molecular complexity index is 1170. The zero-order valence-electron chi connectivity index (χ0n) is 15.0. The summed E-state index contributed by atoms with van der Waals surface area (Å²) in [6, 6.07) is 16.6. The van der Waals surface area contributed by atoms with Crippen molar-refractivity contribution >= 4 is 22.6 Å². The molecule has 5 nitrogen and oxygen atoms in total. The van der Waals surface area contributed by atoms with E-state index in [4.69, 9.17) is 0 Å². The number of nitrogens with one attached hydrogen (secondary N) is 1. The molecule has 0 saturated heterocycles. The van der Waals surface area contributed by atoms with E-state index in [0.29, 0.717) is 16.9 Å². The molecule has 4 aromatic rings. The van der Waals surface area contributed by atoms with Crippen molar-refractivity contribution in [2.45, 2.75) is 12.7 Å². The number of halogens is 3. The van der Waals surface area contributed by atoms with Gasteiger partial charge in [-0.25, -0.2) is 4.98 Å². The van der Waals surface area contributed by atoms with E-state index in [-0.39, 0.29) is 12.5 Å². The third-order valence-corrected chi connectivity index (χ3v) is 4.37. The Hall–Kier alpha value is -3.68. The number of hydrogen-bond acceptors (Lipinski definition) is 3. The lowest BCUT2D eigenvalue weighted by Crippen LogP contribution is -2.18. The molecule has 2 aromatic heterocycles. The Labute approximate surface area is 163 Å². The fourth-order valence-corrected chi connectivity index (χ4v) is 2.98. The zero-order chi connectivity index (χ0) is 20.4. The van der Waals surface area contributed by atoms with Gasteiger partial charge in [-0.3, -0.25) is 9.78 Å². The number of pyridine rings is 1. The predicted molar refractivity (Wildman–Crippen MR) is 103 cm³/mol. The minimum absolute atomic E-state index is 0.0866. The number of imidazole rings is 1. The summed E-state index contributed by atoms with van der Waals surface area (Å²) in [6.45, 7) is 0.0866. The molecule has 146 valence electrons. The van der Waals surface area contributed by atoms with Gasteiger partial charge in [0, 0.05) is 17.4 Å². The molecule has 0 bridgehead atoms. The van der Waals surface area contributed by atoms with Gasteiger partial charge < -0.3 is 9.88 Å². The maximum absolute atomic E-state index is 12.7. The van der Waals surface area contributed by atoms with Crippen LogP contribution in [0.2, 0.25) is 0 Å². The zero-order valence-corrected chi connectivity index (χ0v) is 15.0. The molecule has 0 radical (unpaired) electrons. The van der Waals surface area contributed by atoms with E-state index in [1.165, 1.54) is 6.07 Å². The summed E-state index contributed by atoms with van der Waals surface area (Å²) in [6.07, 6.45) is -2.03. The van der Waals surface area contributed by atoms with Crippen LogP contribution < -0.4 is 5.32 Å². The second kappa shape index (κ2) is 7.38. The van der Waals surface area contributed by atoms with Crippen LogP contribution in [0.25, 0.3) is 22.3 Å². The number of hydrogen-bond donors (Lipinski definition) is 1. The first-order valence-corrected chi connectivity index (χ1v) is 8.73. The molecule has 1 N–H and O–H groups in total. The molecule has 0 atom stereocenters. The molecule has 0 saturated carbocycles. The highest BCUT2D eigenvalue weighted by molar-refractivity contribution is 5.92. The van der Waals surface area contributed by atoms with Crippen LogP contribution in [0, 0.1) is 0 Å². The van der Waals surface area contributed by atoms with Gasteiger partial charge in [-0.1, -0.05) is 24.3 Å². The van der Waals surface area contributed by atoms with Crippen LogP contribution in [-0.4, -0.2) is 20.4 Å². The molecule has 1 amide bonds. The van der Waals surface area contributed by atoms with Gasteiger partial charge in [-0.2, -0.15) is 13.2 Å². The highest BCUT2D eigenvalue weighted by Gasteiger charge is 2.30. The number of benzene rings is 2. The van der Waals surface area contributed by atoms with E-state index in [9.17, 15) is 18.0 Å². The molecule has 0 aliphatic carbocycles. The predicted octanol–water partition coefficient (Wildman–Crippen LogP) is 4.76. The van der Waals surface area contributed by atoms with Gasteiger partial charge in [0.1, 0.15) is 6.54 Å². The van der Waals surface area contributed by atoms with Crippen LogP contribution in [0.1, 0.15) is 5.56 Å². The number of para-hydroxylation sites is 2. The Morgan fingerprint density at radius 2 is 1.83 bits per heavy atom. The monoisotopic (exact) mass is 396 g/mol. The molecule has 2 aromatic carbocycles. The summed E-state index contributed by atoms with van der Waals surface area (Å²) < 4.78 is 39.8. The van der Waals surface area contributed by atoms with Gasteiger partial charge in [0.15, 0.2) is 0 Å². The van der Waals surface area contributed by atoms with Crippen LogP contribution >= 0.6 is 0 Å². The van der Waals surface area contributed by atoms with Gasteiger partial charge in [-0.15, -0.1) is 0 Å². The van der Waals surface area contributed by atoms with E-state index in [1.54, 1.807) is 35.2 Å². The standard InChI is InChI=1S/C21H15F3N4O/c22-21(23,24)15-8-9-17(25-11-15)14-4-3-5-16(10-14)27-20(29)12-28-13-26-18-6-1-2-7-19(18)28/h1-11,13H,12H2,(H,27,29). The first-order valence-electron chi connectivity index (χ1n) is 8.73. The largest absolute Gasteiger partial charge is 0.417 e. The van der Waals surface area contributed by atoms with E-state index in [1.807, 2.05) is 24.3 Å². The molecular formula is C21H15F3N4O. The number of amides is 1. The second-order valence-electron chi connectivity index (χ2n) is 6.42. The Balaban J connectivity index is 1.49. The summed E-state index contributed by atoms with van der Waals surface area (Å²) in [4.78, 5) is 20.6. The average Bonchev–Trinajstić information content (AvgIpc) is 3.10. The van der Waals surface area contributed by atoms with Crippen molar-refractivity contribution in [3.63, 3.8) is 0 Å². The molecule has 0 spiro atoms. The summed E-state index contributed by atoms with van der Waals surface area (Å²) in [7, 11) is 0. The molecule has 29 heavy (non-hydrogen) atoms. The van der Waals surface area contributed by atoms with Crippen LogP contribution in [0.4, 0.5) is 18.9 Å². The molecule has 2 heterocycles. The molecular weight excluding hydrogens is 381 g/mol. The average molecular weight is 396 g/mol. The number of nitrogens with zero attached hydrogens (tertiary/aromatic N) is 3. The van der Waals surface area contributed by atoms with Gasteiger partial charge in [0.2, 0.25) is 5.91 Å². The van der Waals surface area contributed by atoms with E-state index < -0.39 is 11.7 Å². The number of alkyl halides is 3. The highest BCUT2D eigenvalue weighted by Crippen LogP contribution is 2.30. The third-order valence-electron chi connectivity index (χ3n) is 4.37. The van der Waals surface area contributed by atoms with Gasteiger partial charge >= 0.3 is 6.18 Å². The molecule has 8 heteroatoms. The van der Waals surface area contributed by atoms with Crippen LogP contribution in [0.3, 0.4) is 0 Å². The van der Waals surface area contributed by atoms with E-state index in [2.05, 4.69) is 15.3 Å². The number of rotatable bonds is 4. The Morgan fingerprint density at radius 1 is 1.00 bits per heavy atom. The molecule has 0 fully saturated rings. The Kier molecular flexibility index (Phi) is 4.75. The first-order chi connectivity index (χ1) is 13.9. The minimum atomic E-state index is -4.43. The number of anilines is 1. The molecule has 0 unspecified atom stereocenters. The van der Waals surface area contributed by atoms with Crippen LogP contribution in [0.15, 0.2) is 73.2 Å². The summed E-state index contributed by atoms with van der Waals surface area (Å²) in [5, 5.41) is 2.80. The van der Waals surface area contributed by atoms with Crippen molar-refractivity contribution in [1.29, 1.82) is 0 Å². The lowest BCUT2D eigenvalue weighted by atomic mass is 10.1. The first kappa shape index (κ1) is 18.7. The van der Waals surface area contributed by atoms with Crippen molar-refractivity contribution in [2.24, 2.45) is 0 Å². The lowest BCUT2D eigenvalue weighted by molar-refractivity contribution is -0.137. The maximum Gasteiger partial charge on any atom is 0.417 e. The van der Waals surface area contributed by atoms with Crippen molar-refractivity contribution < 1.29 is 18.0 Å². The Morgan fingerprint density at radius 3 is 2.59 bits per heavy atom. The fourth-order valence-electron chi connectivity index (χ4n) is 2.98. The van der Waals surface area contributed by atoms with E-state index in [0.717, 1.165) is 23.3 Å². The number of aromatic nitrogens is 3. The van der Waals surface area contributed by atoms with Gasteiger partial charge in [-0.05, 0) is 36.4 Å².